The lowest BCUT2D eigenvalue weighted by Gasteiger charge is -2.09. The van der Waals surface area contributed by atoms with Crippen LogP contribution in [0.2, 0.25) is 0 Å². The first kappa shape index (κ1) is 13.5. The van der Waals surface area contributed by atoms with Crippen LogP contribution >= 0.6 is 0 Å². The Morgan fingerprint density at radius 2 is 2.00 bits per heavy atom. The minimum atomic E-state index is -0.878. The summed E-state index contributed by atoms with van der Waals surface area (Å²) in [7, 11) is 0. The van der Waals surface area contributed by atoms with E-state index in [1.807, 2.05) is 0 Å². The Bertz CT molecular complexity index is 376. The van der Waals surface area contributed by atoms with Crippen molar-refractivity contribution in [1.82, 2.24) is 0 Å². The number of carboxylic acids is 1. The maximum Gasteiger partial charge on any atom is 0.327 e. The van der Waals surface area contributed by atoms with E-state index >= 15 is 0 Å². The zero-order valence-electron chi connectivity index (χ0n) is 10.5. The molecule has 0 aliphatic carbocycles. The average Bonchev–Trinajstić information content (AvgIpc) is 2.34. The number of aryl methyl sites for hydroxylation is 1. The van der Waals surface area contributed by atoms with E-state index in [4.69, 9.17) is 5.11 Å². The molecule has 0 saturated heterocycles. The molecule has 2 nitrogen and oxygen atoms in total. The van der Waals surface area contributed by atoms with Crippen molar-refractivity contribution >= 4 is 5.97 Å². The molecule has 1 rings (SSSR count). The second-order valence-corrected chi connectivity index (χ2v) is 4.33. The fourth-order valence-electron chi connectivity index (χ4n) is 1.68. The number of carboxylic acid groups (broad SMARTS) is 1. The molecule has 17 heavy (non-hydrogen) atoms. The van der Waals surface area contributed by atoms with Crippen molar-refractivity contribution in [2.75, 3.05) is 0 Å². The highest BCUT2D eigenvalue weighted by Gasteiger charge is 2.01. The summed E-state index contributed by atoms with van der Waals surface area (Å²) in [5.41, 5.74) is 2.63. The monoisotopic (exact) mass is 232 g/mol. The average molecular weight is 232 g/mol. The van der Waals surface area contributed by atoms with E-state index in [2.05, 4.69) is 38.1 Å². The SMILES string of the molecule is CCC(C)c1ccc(CC/C=C/C(=O)O)cc1. The fourth-order valence-corrected chi connectivity index (χ4v) is 1.68. The molecule has 1 aromatic carbocycles. The summed E-state index contributed by atoms with van der Waals surface area (Å²) in [4.78, 5) is 10.3. The highest BCUT2D eigenvalue weighted by atomic mass is 16.4. The fraction of sp³-hybridized carbons (Fsp3) is 0.400. The van der Waals surface area contributed by atoms with E-state index in [9.17, 15) is 4.79 Å². The second-order valence-electron chi connectivity index (χ2n) is 4.33. The molecule has 92 valence electrons. The standard InChI is InChI=1S/C15H20O2/c1-3-12(2)14-10-8-13(9-11-14)6-4-5-7-15(16)17/h5,7-12H,3-4,6H2,1-2H3,(H,16,17)/b7-5+. The number of rotatable bonds is 6. The third kappa shape index (κ3) is 4.85. The van der Waals surface area contributed by atoms with Crippen molar-refractivity contribution < 1.29 is 9.90 Å². The van der Waals surface area contributed by atoms with Crippen LogP contribution in [0.1, 0.15) is 43.7 Å². The molecule has 0 fully saturated rings. The van der Waals surface area contributed by atoms with Gasteiger partial charge in [0.25, 0.3) is 0 Å². The van der Waals surface area contributed by atoms with Crippen LogP contribution in [0.3, 0.4) is 0 Å². The Morgan fingerprint density at radius 1 is 1.35 bits per heavy atom. The predicted molar refractivity (Wildman–Crippen MR) is 70.2 cm³/mol. The van der Waals surface area contributed by atoms with Crippen LogP contribution in [-0.4, -0.2) is 11.1 Å². The molecule has 1 unspecified atom stereocenters. The molecule has 0 aromatic heterocycles. The van der Waals surface area contributed by atoms with Crippen LogP contribution in [0.4, 0.5) is 0 Å². The highest BCUT2D eigenvalue weighted by molar-refractivity contribution is 5.79. The molecule has 0 radical (unpaired) electrons. The maximum absolute atomic E-state index is 10.3. The van der Waals surface area contributed by atoms with Crippen LogP contribution < -0.4 is 0 Å². The molecule has 0 aliphatic rings. The van der Waals surface area contributed by atoms with Crippen LogP contribution in [0.15, 0.2) is 36.4 Å². The molecular weight excluding hydrogens is 212 g/mol. The number of allylic oxidation sites excluding steroid dienone is 1. The van der Waals surface area contributed by atoms with Gasteiger partial charge in [0.1, 0.15) is 0 Å². The molecule has 1 aromatic rings. The van der Waals surface area contributed by atoms with E-state index in [-0.39, 0.29) is 0 Å². The van der Waals surface area contributed by atoms with Crippen molar-refractivity contribution in [3.8, 4) is 0 Å². The molecule has 0 bridgehead atoms. The molecule has 2 heteroatoms. The summed E-state index contributed by atoms with van der Waals surface area (Å²) >= 11 is 0. The van der Waals surface area contributed by atoms with Crippen molar-refractivity contribution in [1.29, 1.82) is 0 Å². The van der Waals surface area contributed by atoms with Gasteiger partial charge in [0.15, 0.2) is 0 Å². The Hall–Kier alpha value is -1.57. The third-order valence-corrected chi connectivity index (χ3v) is 3.02. The van der Waals surface area contributed by atoms with E-state index in [1.54, 1.807) is 6.08 Å². The van der Waals surface area contributed by atoms with Gasteiger partial charge >= 0.3 is 5.97 Å². The first-order valence-electron chi connectivity index (χ1n) is 6.11. The number of carbonyl (C=O) groups is 1. The third-order valence-electron chi connectivity index (χ3n) is 3.02. The second kappa shape index (κ2) is 6.89. The smallest absolute Gasteiger partial charge is 0.327 e. The lowest BCUT2D eigenvalue weighted by atomic mass is 9.97. The summed E-state index contributed by atoms with van der Waals surface area (Å²) in [6.07, 6.45) is 5.72. The summed E-state index contributed by atoms with van der Waals surface area (Å²) in [5, 5.41) is 8.45. The first-order chi connectivity index (χ1) is 8.13. The van der Waals surface area contributed by atoms with Gasteiger partial charge in [0, 0.05) is 6.08 Å². The molecule has 1 atom stereocenters. The zero-order chi connectivity index (χ0) is 12.7. The first-order valence-corrected chi connectivity index (χ1v) is 6.11. The van der Waals surface area contributed by atoms with Crippen LogP contribution in [0.25, 0.3) is 0 Å². The number of aliphatic carboxylic acids is 1. The van der Waals surface area contributed by atoms with E-state index in [0.29, 0.717) is 5.92 Å². The Morgan fingerprint density at radius 3 is 2.53 bits per heavy atom. The van der Waals surface area contributed by atoms with Gasteiger partial charge in [-0.25, -0.2) is 4.79 Å². The van der Waals surface area contributed by atoms with Crippen molar-refractivity contribution in [2.24, 2.45) is 0 Å². The van der Waals surface area contributed by atoms with Crippen LogP contribution in [0.5, 0.6) is 0 Å². The van der Waals surface area contributed by atoms with Gasteiger partial charge < -0.3 is 5.11 Å². The summed E-state index contributed by atoms with van der Waals surface area (Å²) < 4.78 is 0. The Labute approximate surface area is 103 Å². The Kier molecular flexibility index (Phi) is 5.47. The molecule has 1 N–H and O–H groups in total. The number of hydrogen-bond donors (Lipinski definition) is 1. The van der Waals surface area contributed by atoms with Crippen LogP contribution in [0, 0.1) is 0 Å². The normalized spacial score (nSPS) is 12.8. The quantitative estimate of drug-likeness (QED) is 0.758. The topological polar surface area (TPSA) is 37.3 Å². The largest absolute Gasteiger partial charge is 0.478 e. The molecule has 0 aliphatic heterocycles. The van der Waals surface area contributed by atoms with Crippen molar-refractivity contribution in [2.45, 2.75) is 39.0 Å². The summed E-state index contributed by atoms with van der Waals surface area (Å²) in [6.45, 7) is 4.42. The summed E-state index contributed by atoms with van der Waals surface area (Å²) in [6, 6.07) is 8.61. The maximum atomic E-state index is 10.3. The van der Waals surface area contributed by atoms with E-state index in [1.165, 1.54) is 17.2 Å². The van der Waals surface area contributed by atoms with Gasteiger partial charge in [0.05, 0.1) is 0 Å². The lowest BCUT2D eigenvalue weighted by Crippen LogP contribution is -1.92. The van der Waals surface area contributed by atoms with Crippen molar-refractivity contribution in [3.05, 3.63) is 47.5 Å². The van der Waals surface area contributed by atoms with Gasteiger partial charge in [-0.15, -0.1) is 0 Å². The summed E-state index contributed by atoms with van der Waals surface area (Å²) in [5.74, 6) is -0.270. The molecular formula is C15H20O2. The van der Waals surface area contributed by atoms with Crippen molar-refractivity contribution in [3.63, 3.8) is 0 Å². The zero-order valence-corrected chi connectivity index (χ0v) is 10.5. The number of benzene rings is 1. The van der Waals surface area contributed by atoms with Gasteiger partial charge in [-0.05, 0) is 36.3 Å². The molecule has 0 heterocycles. The number of hydrogen-bond acceptors (Lipinski definition) is 1. The van der Waals surface area contributed by atoms with Gasteiger partial charge in [-0.3, -0.25) is 0 Å². The van der Waals surface area contributed by atoms with Crippen LogP contribution in [-0.2, 0) is 11.2 Å². The van der Waals surface area contributed by atoms with Gasteiger partial charge in [-0.2, -0.15) is 0 Å². The minimum Gasteiger partial charge on any atom is -0.478 e. The van der Waals surface area contributed by atoms with E-state index in [0.717, 1.165) is 19.3 Å². The minimum absolute atomic E-state index is 0.607. The highest BCUT2D eigenvalue weighted by Crippen LogP contribution is 2.19. The molecule has 0 saturated carbocycles. The molecule has 0 spiro atoms. The van der Waals surface area contributed by atoms with Gasteiger partial charge in [0.2, 0.25) is 0 Å². The van der Waals surface area contributed by atoms with Gasteiger partial charge in [-0.1, -0.05) is 44.2 Å². The van der Waals surface area contributed by atoms with E-state index < -0.39 is 5.97 Å². The molecule has 0 amide bonds. The Balaban J connectivity index is 2.48. The predicted octanol–water partition coefficient (Wildman–Crippen LogP) is 3.77. The lowest BCUT2D eigenvalue weighted by molar-refractivity contribution is -0.131.